The topological polar surface area (TPSA) is 75.6 Å². The van der Waals surface area contributed by atoms with Crippen LogP contribution in [0.3, 0.4) is 0 Å². The van der Waals surface area contributed by atoms with E-state index in [1.807, 2.05) is 30.1 Å². The van der Waals surface area contributed by atoms with Gasteiger partial charge in [0.2, 0.25) is 5.91 Å². The molecular weight excluding hydrogens is 436 g/mol. The van der Waals surface area contributed by atoms with Crippen LogP contribution in [-0.4, -0.2) is 59.2 Å². The first kappa shape index (κ1) is 23.3. The monoisotopic (exact) mass is 462 g/mol. The summed E-state index contributed by atoms with van der Waals surface area (Å²) < 4.78 is 5.08. The number of amides is 1. The van der Waals surface area contributed by atoms with Crippen LogP contribution in [0.1, 0.15) is 25.3 Å². The van der Waals surface area contributed by atoms with Crippen LogP contribution in [-0.2, 0) is 20.9 Å². The lowest BCUT2D eigenvalue weighted by atomic mass is 9.97. The molecular formula is C22H27ClN4O3S. The van der Waals surface area contributed by atoms with E-state index in [0.29, 0.717) is 55.2 Å². The zero-order chi connectivity index (χ0) is 22.2. The molecule has 1 saturated heterocycles. The number of benzene rings is 1. The number of carbonyl (C=O) groups is 2. The van der Waals surface area contributed by atoms with E-state index in [1.54, 1.807) is 17.9 Å². The van der Waals surface area contributed by atoms with E-state index in [2.05, 4.69) is 22.1 Å². The normalized spacial score (nSPS) is 14.4. The van der Waals surface area contributed by atoms with Gasteiger partial charge in [-0.2, -0.15) is 0 Å². The number of halogens is 1. The molecule has 2 heterocycles. The summed E-state index contributed by atoms with van der Waals surface area (Å²) in [5, 5.41) is 0.812. The summed E-state index contributed by atoms with van der Waals surface area (Å²) in [6, 6.07) is 11.8. The van der Waals surface area contributed by atoms with E-state index in [0.717, 1.165) is 5.56 Å². The van der Waals surface area contributed by atoms with Crippen LogP contribution in [0.2, 0.25) is 5.15 Å². The Morgan fingerprint density at radius 3 is 2.61 bits per heavy atom. The molecule has 1 aromatic carbocycles. The van der Waals surface area contributed by atoms with Gasteiger partial charge >= 0.3 is 5.97 Å². The first-order valence-corrected chi connectivity index (χ1v) is 11.7. The highest BCUT2D eigenvalue weighted by Gasteiger charge is 2.28. The van der Waals surface area contributed by atoms with Crippen molar-refractivity contribution in [3.8, 4) is 0 Å². The Hall–Kier alpha value is -2.32. The van der Waals surface area contributed by atoms with Crippen LogP contribution in [0.4, 0.5) is 5.82 Å². The average Bonchev–Trinajstić information content (AvgIpc) is 2.78. The number of esters is 1. The van der Waals surface area contributed by atoms with E-state index in [4.69, 9.17) is 16.3 Å². The fourth-order valence-corrected chi connectivity index (χ4v) is 4.41. The first-order chi connectivity index (χ1) is 15.0. The molecule has 7 nitrogen and oxygen atoms in total. The van der Waals surface area contributed by atoms with Crippen LogP contribution in [0.15, 0.2) is 41.6 Å². The summed E-state index contributed by atoms with van der Waals surface area (Å²) >= 11 is 7.48. The summed E-state index contributed by atoms with van der Waals surface area (Å²) in [5.74, 6) is 0.662. The summed E-state index contributed by atoms with van der Waals surface area (Å²) in [5.41, 5.74) is 1.16. The molecule has 31 heavy (non-hydrogen) atoms. The van der Waals surface area contributed by atoms with E-state index in [1.165, 1.54) is 11.8 Å². The van der Waals surface area contributed by atoms with Crippen LogP contribution >= 0.6 is 23.4 Å². The molecule has 0 unspecified atom stereocenters. The van der Waals surface area contributed by atoms with Gasteiger partial charge in [-0.25, -0.2) is 9.97 Å². The van der Waals surface area contributed by atoms with Gasteiger partial charge in [-0.15, -0.1) is 0 Å². The summed E-state index contributed by atoms with van der Waals surface area (Å²) in [6.07, 6.45) is 1.27. The highest BCUT2D eigenvalue weighted by Crippen LogP contribution is 2.24. The molecule has 0 bridgehead atoms. The third-order valence-corrected chi connectivity index (χ3v) is 6.13. The van der Waals surface area contributed by atoms with Crippen molar-refractivity contribution < 1.29 is 14.3 Å². The number of hydrogen-bond donors (Lipinski definition) is 0. The van der Waals surface area contributed by atoms with Gasteiger partial charge in [-0.1, -0.05) is 53.7 Å². The van der Waals surface area contributed by atoms with Crippen molar-refractivity contribution in [2.45, 2.75) is 31.5 Å². The molecule has 2 aromatic rings. The van der Waals surface area contributed by atoms with E-state index in [9.17, 15) is 9.59 Å². The summed E-state index contributed by atoms with van der Waals surface area (Å²) in [6.45, 7) is 3.99. The molecule has 1 fully saturated rings. The van der Waals surface area contributed by atoms with Crippen LogP contribution < -0.4 is 4.90 Å². The van der Waals surface area contributed by atoms with Gasteiger partial charge in [0.15, 0.2) is 5.16 Å². The van der Waals surface area contributed by atoms with E-state index >= 15 is 0 Å². The maximum absolute atomic E-state index is 12.6. The van der Waals surface area contributed by atoms with Crippen molar-refractivity contribution in [3.63, 3.8) is 0 Å². The number of thioether (sulfide) groups is 1. The Labute approximate surface area is 192 Å². The SMILES string of the molecule is CCOC(=O)C1CCN(C(=O)CSc2nc(Cl)cc(N(C)Cc3ccccc3)n2)CC1. The van der Waals surface area contributed by atoms with Gasteiger partial charge in [0.05, 0.1) is 18.3 Å². The molecule has 0 aliphatic carbocycles. The lowest BCUT2D eigenvalue weighted by Gasteiger charge is -2.30. The molecule has 0 spiro atoms. The number of rotatable bonds is 8. The zero-order valence-corrected chi connectivity index (χ0v) is 19.4. The van der Waals surface area contributed by atoms with Crippen LogP contribution in [0.5, 0.6) is 0 Å². The average molecular weight is 463 g/mol. The number of piperidine rings is 1. The Kier molecular flexibility index (Phi) is 8.54. The number of nitrogens with zero attached hydrogens (tertiary/aromatic N) is 4. The third kappa shape index (κ3) is 6.83. The molecule has 9 heteroatoms. The molecule has 0 saturated carbocycles. The fraction of sp³-hybridized carbons (Fsp3) is 0.455. The van der Waals surface area contributed by atoms with Gasteiger partial charge in [0.1, 0.15) is 11.0 Å². The predicted molar refractivity (Wildman–Crippen MR) is 122 cm³/mol. The molecule has 1 amide bonds. The maximum atomic E-state index is 12.6. The quantitative estimate of drug-likeness (QED) is 0.256. The number of anilines is 1. The van der Waals surface area contributed by atoms with Gasteiger partial charge in [-0.3, -0.25) is 9.59 Å². The lowest BCUT2D eigenvalue weighted by molar-refractivity contribution is -0.151. The van der Waals surface area contributed by atoms with Gasteiger partial charge in [0.25, 0.3) is 0 Å². The fourth-order valence-electron chi connectivity index (χ4n) is 3.43. The van der Waals surface area contributed by atoms with Crippen molar-refractivity contribution in [1.29, 1.82) is 0 Å². The molecule has 1 aliphatic rings. The second kappa shape index (κ2) is 11.3. The number of likely N-dealkylation sites (tertiary alicyclic amines) is 1. The Balaban J connectivity index is 1.53. The van der Waals surface area contributed by atoms with Crippen molar-refractivity contribution >= 4 is 41.1 Å². The van der Waals surface area contributed by atoms with Gasteiger partial charge < -0.3 is 14.5 Å². The minimum atomic E-state index is -0.163. The Morgan fingerprint density at radius 1 is 1.23 bits per heavy atom. The highest BCUT2D eigenvalue weighted by atomic mass is 35.5. The van der Waals surface area contributed by atoms with Crippen LogP contribution in [0, 0.1) is 5.92 Å². The highest BCUT2D eigenvalue weighted by molar-refractivity contribution is 7.99. The minimum absolute atomic E-state index is 0.00933. The van der Waals surface area contributed by atoms with Crippen molar-refractivity contribution in [1.82, 2.24) is 14.9 Å². The Morgan fingerprint density at radius 2 is 1.94 bits per heavy atom. The molecule has 166 valence electrons. The maximum Gasteiger partial charge on any atom is 0.309 e. The minimum Gasteiger partial charge on any atom is -0.466 e. The molecule has 1 aliphatic heterocycles. The van der Waals surface area contributed by atoms with Crippen LogP contribution in [0.25, 0.3) is 0 Å². The second-order valence-corrected chi connectivity index (χ2v) is 8.70. The predicted octanol–water partition coefficient (Wildman–Crippen LogP) is 3.66. The lowest BCUT2D eigenvalue weighted by Crippen LogP contribution is -2.41. The first-order valence-electron chi connectivity index (χ1n) is 10.3. The van der Waals surface area contributed by atoms with Gasteiger partial charge in [0, 0.05) is 32.7 Å². The molecule has 0 atom stereocenters. The van der Waals surface area contributed by atoms with Crippen molar-refractivity contribution in [3.05, 3.63) is 47.1 Å². The number of ether oxygens (including phenoxy) is 1. The van der Waals surface area contributed by atoms with Crippen molar-refractivity contribution in [2.75, 3.05) is 37.4 Å². The molecule has 0 radical (unpaired) electrons. The second-order valence-electron chi connectivity index (χ2n) is 7.37. The number of hydrogen-bond acceptors (Lipinski definition) is 7. The van der Waals surface area contributed by atoms with E-state index < -0.39 is 0 Å². The summed E-state index contributed by atoms with van der Waals surface area (Å²) in [7, 11) is 1.94. The molecule has 0 N–H and O–H groups in total. The summed E-state index contributed by atoms with van der Waals surface area (Å²) in [4.78, 5) is 37.1. The standard InChI is InChI=1S/C22H27ClN4O3S/c1-3-30-21(29)17-9-11-27(12-10-17)20(28)15-31-22-24-18(23)13-19(25-22)26(2)14-16-7-5-4-6-8-16/h4-8,13,17H,3,9-12,14-15H2,1-2H3. The Bertz CT molecular complexity index is 892. The molecule has 1 aromatic heterocycles. The smallest absolute Gasteiger partial charge is 0.309 e. The molecule has 3 rings (SSSR count). The van der Waals surface area contributed by atoms with Gasteiger partial charge in [-0.05, 0) is 25.3 Å². The number of aromatic nitrogens is 2. The largest absolute Gasteiger partial charge is 0.466 e. The number of carbonyl (C=O) groups excluding carboxylic acids is 2. The van der Waals surface area contributed by atoms with E-state index in [-0.39, 0.29) is 23.5 Å². The van der Waals surface area contributed by atoms with Crippen molar-refractivity contribution in [2.24, 2.45) is 5.92 Å². The zero-order valence-electron chi connectivity index (χ0n) is 17.8. The third-order valence-electron chi connectivity index (χ3n) is 5.11.